The topological polar surface area (TPSA) is 46.9 Å². The summed E-state index contributed by atoms with van der Waals surface area (Å²) in [6.45, 7) is 0. The maximum absolute atomic E-state index is 10.1. The quantitative estimate of drug-likeness (QED) is 0.502. The fourth-order valence-corrected chi connectivity index (χ4v) is 0.786. The minimum atomic E-state index is 0.568. The van der Waals surface area contributed by atoms with Crippen LogP contribution in [0.5, 0.6) is 0 Å². The Kier molecular flexibility index (Phi) is 2.14. The summed E-state index contributed by atoms with van der Waals surface area (Å²) >= 11 is 0. The van der Waals surface area contributed by atoms with Crippen molar-refractivity contribution in [2.45, 2.75) is 0 Å². The van der Waals surface area contributed by atoms with Crippen LogP contribution in [0, 0.1) is 0 Å². The molecule has 1 amide bonds. The number of hydrogen-bond acceptors (Lipinski definition) is 2. The number of carbonyl (C=O) groups excluding carboxylic acids is 1. The van der Waals surface area contributed by atoms with Crippen LogP contribution in [-0.4, -0.2) is 37.4 Å². The van der Waals surface area contributed by atoms with Crippen LogP contribution in [0.25, 0.3) is 0 Å². The minimum absolute atomic E-state index is 0.568. The van der Waals surface area contributed by atoms with Gasteiger partial charge >= 0.3 is 0 Å². The van der Waals surface area contributed by atoms with E-state index in [4.69, 9.17) is 0 Å². The van der Waals surface area contributed by atoms with Gasteiger partial charge < -0.3 is 5.32 Å². The van der Waals surface area contributed by atoms with Crippen LogP contribution in [0.2, 0.25) is 0 Å². The molecular formula is C7H13N4O+. The van der Waals surface area contributed by atoms with Crippen LogP contribution in [0.15, 0.2) is 12.3 Å². The van der Waals surface area contributed by atoms with Gasteiger partial charge in [-0.25, -0.2) is 4.59 Å². The molecule has 0 aliphatic rings. The molecule has 0 radical (unpaired) electrons. The van der Waals surface area contributed by atoms with Crippen molar-refractivity contribution >= 4 is 12.2 Å². The van der Waals surface area contributed by atoms with Gasteiger partial charge in [0.15, 0.2) is 5.82 Å². The third-order valence-corrected chi connectivity index (χ3v) is 1.40. The second kappa shape index (κ2) is 2.94. The lowest BCUT2D eigenvalue weighted by Gasteiger charge is -2.21. The lowest BCUT2D eigenvalue weighted by molar-refractivity contribution is -0.105. The lowest BCUT2D eigenvalue weighted by Crippen LogP contribution is -2.46. The summed E-state index contributed by atoms with van der Waals surface area (Å²) in [7, 11) is 5.95. The third kappa shape index (κ3) is 1.82. The Morgan fingerprint density at radius 2 is 2.25 bits per heavy atom. The molecule has 5 heteroatoms. The first kappa shape index (κ1) is 8.73. The molecule has 5 nitrogen and oxygen atoms in total. The maximum Gasteiger partial charge on any atom is 0.212 e. The summed E-state index contributed by atoms with van der Waals surface area (Å²) in [5.74, 6) is 0.568. The van der Waals surface area contributed by atoms with Crippen molar-refractivity contribution in [2.24, 2.45) is 0 Å². The number of amides is 1. The van der Waals surface area contributed by atoms with E-state index in [9.17, 15) is 4.79 Å². The number of rotatable bonds is 3. The normalized spacial score (nSPS) is 11.2. The highest BCUT2D eigenvalue weighted by Crippen LogP contribution is 2.02. The van der Waals surface area contributed by atoms with Gasteiger partial charge in [0, 0.05) is 6.07 Å². The molecule has 0 saturated carbocycles. The molecule has 0 atom stereocenters. The fourth-order valence-electron chi connectivity index (χ4n) is 0.786. The van der Waals surface area contributed by atoms with Gasteiger partial charge in [-0.3, -0.25) is 4.79 Å². The monoisotopic (exact) mass is 169 g/mol. The van der Waals surface area contributed by atoms with Crippen LogP contribution in [-0.2, 0) is 4.79 Å². The van der Waals surface area contributed by atoms with Gasteiger partial charge in [-0.2, -0.15) is 0 Å². The Hall–Kier alpha value is -1.36. The SMILES string of the molecule is C[N+](C)(C)n1ccc(NC=O)n1. The Balaban J connectivity index is 2.84. The molecule has 0 bridgehead atoms. The Morgan fingerprint density at radius 1 is 1.58 bits per heavy atom. The first-order valence-electron chi connectivity index (χ1n) is 3.62. The number of nitrogens with one attached hydrogen (secondary N) is 1. The van der Waals surface area contributed by atoms with E-state index >= 15 is 0 Å². The van der Waals surface area contributed by atoms with Crippen molar-refractivity contribution in [1.82, 2.24) is 14.5 Å². The summed E-state index contributed by atoms with van der Waals surface area (Å²) < 4.78 is 0.570. The van der Waals surface area contributed by atoms with Gasteiger partial charge in [0.05, 0.1) is 27.3 Å². The van der Waals surface area contributed by atoms with Crippen molar-refractivity contribution in [1.29, 1.82) is 0 Å². The molecule has 1 aromatic rings. The van der Waals surface area contributed by atoms with E-state index in [0.717, 1.165) is 0 Å². The van der Waals surface area contributed by atoms with E-state index in [0.29, 0.717) is 16.8 Å². The van der Waals surface area contributed by atoms with E-state index in [1.165, 1.54) is 0 Å². The Morgan fingerprint density at radius 3 is 2.67 bits per heavy atom. The Labute approximate surface area is 71.1 Å². The highest BCUT2D eigenvalue weighted by molar-refractivity contribution is 5.68. The maximum atomic E-state index is 10.1. The molecule has 1 aromatic heterocycles. The third-order valence-electron chi connectivity index (χ3n) is 1.40. The van der Waals surface area contributed by atoms with Crippen LogP contribution in [0.3, 0.4) is 0 Å². The van der Waals surface area contributed by atoms with Crippen molar-refractivity contribution in [3.05, 3.63) is 12.3 Å². The fraction of sp³-hybridized carbons (Fsp3) is 0.429. The molecule has 0 aliphatic heterocycles. The summed E-state index contributed by atoms with van der Waals surface area (Å²) in [6, 6.07) is 1.75. The number of anilines is 1. The zero-order valence-electron chi connectivity index (χ0n) is 7.48. The van der Waals surface area contributed by atoms with Crippen molar-refractivity contribution in [2.75, 3.05) is 26.5 Å². The first-order chi connectivity index (χ1) is 5.54. The highest BCUT2D eigenvalue weighted by Gasteiger charge is 2.11. The predicted octanol–water partition coefficient (Wildman–Crippen LogP) is -0.220. The molecular weight excluding hydrogens is 156 g/mol. The molecule has 1 N–H and O–H groups in total. The molecule has 12 heavy (non-hydrogen) atoms. The van der Waals surface area contributed by atoms with Gasteiger partial charge in [0.1, 0.15) is 0 Å². The zero-order valence-corrected chi connectivity index (χ0v) is 7.48. The van der Waals surface area contributed by atoms with Crippen LogP contribution in [0.4, 0.5) is 5.82 Å². The molecule has 0 saturated heterocycles. The molecule has 1 heterocycles. The Bertz CT molecular complexity index is 273. The summed E-state index contributed by atoms with van der Waals surface area (Å²) in [5.41, 5.74) is 0. The largest absolute Gasteiger partial charge is 0.312 e. The minimum Gasteiger partial charge on any atom is -0.312 e. The smallest absolute Gasteiger partial charge is 0.212 e. The van der Waals surface area contributed by atoms with Crippen LogP contribution < -0.4 is 9.91 Å². The number of quaternary nitrogens is 1. The molecule has 0 aliphatic carbocycles. The average Bonchev–Trinajstić information content (AvgIpc) is 2.35. The van der Waals surface area contributed by atoms with E-state index in [2.05, 4.69) is 10.4 Å². The molecule has 0 unspecified atom stereocenters. The van der Waals surface area contributed by atoms with Crippen LogP contribution in [0.1, 0.15) is 0 Å². The first-order valence-corrected chi connectivity index (χ1v) is 3.62. The van der Waals surface area contributed by atoms with E-state index in [1.54, 1.807) is 10.9 Å². The van der Waals surface area contributed by atoms with E-state index in [-0.39, 0.29) is 0 Å². The number of carbonyl (C=O) groups is 1. The molecule has 0 fully saturated rings. The lowest BCUT2D eigenvalue weighted by atomic mass is 10.6. The standard InChI is InChI=1S/C7H12N4O/c1-11(2,3)10-5-4-7(9-10)8-6-12/h4-6H,1-3H3/p+1. The summed E-state index contributed by atoms with van der Waals surface area (Å²) in [4.78, 5) is 11.8. The van der Waals surface area contributed by atoms with Gasteiger partial charge in [0.25, 0.3) is 0 Å². The molecule has 0 aromatic carbocycles. The van der Waals surface area contributed by atoms with Gasteiger partial charge in [-0.05, 0) is 0 Å². The molecule has 0 spiro atoms. The summed E-state index contributed by atoms with van der Waals surface area (Å²) in [5, 5.41) is 6.60. The number of nitrogens with zero attached hydrogens (tertiary/aromatic N) is 3. The van der Waals surface area contributed by atoms with Crippen LogP contribution >= 0.6 is 0 Å². The number of hydrogen-bond donors (Lipinski definition) is 1. The van der Waals surface area contributed by atoms with E-state index < -0.39 is 0 Å². The van der Waals surface area contributed by atoms with E-state index in [1.807, 2.05) is 27.3 Å². The van der Waals surface area contributed by atoms with Gasteiger partial charge in [-0.1, -0.05) is 0 Å². The second-order valence-electron chi connectivity index (χ2n) is 3.33. The van der Waals surface area contributed by atoms with Gasteiger partial charge in [0.2, 0.25) is 6.41 Å². The summed E-state index contributed by atoms with van der Waals surface area (Å²) in [6.07, 6.45) is 2.42. The number of aromatic nitrogens is 2. The van der Waals surface area contributed by atoms with Gasteiger partial charge in [-0.15, -0.1) is 9.89 Å². The second-order valence-corrected chi connectivity index (χ2v) is 3.33. The zero-order chi connectivity index (χ0) is 9.19. The molecule has 1 rings (SSSR count). The predicted molar refractivity (Wildman–Crippen MR) is 47.2 cm³/mol. The molecule has 66 valence electrons. The highest BCUT2D eigenvalue weighted by atomic mass is 16.1. The van der Waals surface area contributed by atoms with Crippen molar-refractivity contribution < 1.29 is 4.79 Å². The average molecular weight is 169 g/mol. The van der Waals surface area contributed by atoms with Crippen molar-refractivity contribution in [3.8, 4) is 0 Å². The van der Waals surface area contributed by atoms with Crippen molar-refractivity contribution in [3.63, 3.8) is 0 Å².